The number of anilines is 1. The van der Waals surface area contributed by atoms with Crippen molar-refractivity contribution < 1.29 is 8.42 Å². The Hall–Kier alpha value is -1.15. The van der Waals surface area contributed by atoms with Crippen molar-refractivity contribution in [2.45, 2.75) is 30.7 Å². The average Bonchev–Trinajstić information content (AvgIpc) is 2.99. The van der Waals surface area contributed by atoms with Crippen molar-refractivity contribution in [2.24, 2.45) is 5.84 Å². The minimum Gasteiger partial charge on any atom is -0.324 e. The smallest absolute Gasteiger partial charge is 0.240 e. The van der Waals surface area contributed by atoms with Gasteiger partial charge in [-0.2, -0.15) is 0 Å². The normalized spacial score (nSPS) is 18.1. The van der Waals surface area contributed by atoms with Crippen LogP contribution in [0.15, 0.2) is 29.2 Å². The van der Waals surface area contributed by atoms with Crippen LogP contribution in [0.4, 0.5) is 5.69 Å². The molecule has 1 atom stereocenters. The molecule has 112 valence electrons. The highest BCUT2D eigenvalue weighted by Gasteiger charge is 2.20. The van der Waals surface area contributed by atoms with Crippen molar-refractivity contribution in [2.75, 3.05) is 25.1 Å². The number of likely N-dealkylation sites (tertiary alicyclic amines) is 1. The fraction of sp³-hybridized carbons (Fsp3) is 0.538. The van der Waals surface area contributed by atoms with E-state index in [9.17, 15) is 8.42 Å². The van der Waals surface area contributed by atoms with Gasteiger partial charge < -0.3 is 5.43 Å². The number of sulfonamides is 1. The second-order valence-electron chi connectivity index (χ2n) is 5.11. The molecule has 1 aliphatic heterocycles. The summed E-state index contributed by atoms with van der Waals surface area (Å²) in [6.07, 6.45) is 2.40. The lowest BCUT2D eigenvalue weighted by Gasteiger charge is -2.23. The molecule has 20 heavy (non-hydrogen) atoms. The lowest BCUT2D eigenvalue weighted by Crippen LogP contribution is -2.40. The quantitative estimate of drug-likeness (QED) is 0.532. The molecule has 1 unspecified atom stereocenters. The van der Waals surface area contributed by atoms with Crippen LogP contribution in [0.25, 0.3) is 0 Å². The standard InChI is InChI=1S/C13H22N4O2S/c1-11(17-8-2-3-9-17)10-15-20(18,19)13-6-4-12(16-14)5-7-13/h4-7,11,15-16H,2-3,8-10,14H2,1H3. The van der Waals surface area contributed by atoms with E-state index >= 15 is 0 Å². The second-order valence-corrected chi connectivity index (χ2v) is 6.88. The summed E-state index contributed by atoms with van der Waals surface area (Å²) >= 11 is 0. The number of hydrazine groups is 1. The fourth-order valence-electron chi connectivity index (χ4n) is 2.36. The molecule has 0 aromatic heterocycles. The van der Waals surface area contributed by atoms with Crippen molar-refractivity contribution in [3.05, 3.63) is 24.3 Å². The number of rotatable bonds is 6. The molecule has 0 radical (unpaired) electrons. The van der Waals surface area contributed by atoms with Crippen LogP contribution in [0.1, 0.15) is 19.8 Å². The molecule has 1 fully saturated rings. The van der Waals surface area contributed by atoms with E-state index in [1.807, 2.05) is 0 Å². The Balaban J connectivity index is 1.95. The van der Waals surface area contributed by atoms with Gasteiger partial charge in [0.25, 0.3) is 0 Å². The van der Waals surface area contributed by atoms with Crippen molar-refractivity contribution >= 4 is 15.7 Å². The fourth-order valence-corrected chi connectivity index (χ4v) is 3.48. The van der Waals surface area contributed by atoms with E-state index < -0.39 is 10.0 Å². The number of nitrogen functional groups attached to an aromatic ring is 1. The first-order valence-electron chi connectivity index (χ1n) is 6.83. The summed E-state index contributed by atoms with van der Waals surface area (Å²) in [6.45, 7) is 4.59. The molecule has 7 heteroatoms. The molecule has 6 nitrogen and oxygen atoms in total. The summed E-state index contributed by atoms with van der Waals surface area (Å²) in [5.74, 6) is 5.26. The van der Waals surface area contributed by atoms with E-state index in [0.717, 1.165) is 13.1 Å². The first kappa shape index (κ1) is 15.2. The molecule has 1 aromatic rings. The minimum absolute atomic E-state index is 0.220. The Bertz CT molecular complexity index is 524. The van der Waals surface area contributed by atoms with E-state index in [2.05, 4.69) is 22.0 Å². The third-order valence-electron chi connectivity index (χ3n) is 3.66. The summed E-state index contributed by atoms with van der Waals surface area (Å²) in [7, 11) is -3.46. The number of nitrogens with zero attached hydrogens (tertiary/aromatic N) is 1. The van der Waals surface area contributed by atoms with Gasteiger partial charge in [-0.05, 0) is 57.1 Å². The van der Waals surface area contributed by atoms with Gasteiger partial charge in [0.05, 0.1) is 4.90 Å². The topological polar surface area (TPSA) is 87.5 Å². The number of nitrogens with two attached hydrogens (primary N) is 1. The lowest BCUT2D eigenvalue weighted by molar-refractivity contribution is 0.260. The SMILES string of the molecule is CC(CNS(=O)(=O)c1ccc(NN)cc1)N1CCCC1. The van der Waals surface area contributed by atoms with E-state index in [-0.39, 0.29) is 10.9 Å². The van der Waals surface area contributed by atoms with E-state index in [1.54, 1.807) is 12.1 Å². The Morgan fingerprint density at radius 3 is 2.40 bits per heavy atom. The van der Waals surface area contributed by atoms with Crippen molar-refractivity contribution in [1.29, 1.82) is 0 Å². The molecule has 0 amide bonds. The molecule has 0 aliphatic carbocycles. The largest absolute Gasteiger partial charge is 0.324 e. The van der Waals surface area contributed by atoms with Gasteiger partial charge in [0.1, 0.15) is 0 Å². The molecule has 1 heterocycles. The summed E-state index contributed by atoms with van der Waals surface area (Å²) in [5, 5.41) is 0. The summed E-state index contributed by atoms with van der Waals surface area (Å²) < 4.78 is 27.0. The van der Waals surface area contributed by atoms with E-state index in [0.29, 0.717) is 12.2 Å². The number of hydrogen-bond acceptors (Lipinski definition) is 5. The maximum absolute atomic E-state index is 12.2. The van der Waals surface area contributed by atoms with Gasteiger partial charge in [-0.1, -0.05) is 0 Å². The van der Waals surface area contributed by atoms with Gasteiger partial charge in [0.2, 0.25) is 10.0 Å². The van der Waals surface area contributed by atoms with Crippen LogP contribution in [0.3, 0.4) is 0 Å². The summed E-state index contributed by atoms with van der Waals surface area (Å²) in [6, 6.07) is 6.57. The van der Waals surface area contributed by atoms with Crippen LogP contribution in [0.5, 0.6) is 0 Å². The Morgan fingerprint density at radius 2 is 1.85 bits per heavy atom. The highest BCUT2D eigenvalue weighted by molar-refractivity contribution is 7.89. The predicted octanol–water partition coefficient (Wildman–Crippen LogP) is 0.735. The van der Waals surface area contributed by atoms with Crippen LogP contribution in [-0.2, 0) is 10.0 Å². The first-order chi connectivity index (χ1) is 9.53. The third-order valence-corrected chi connectivity index (χ3v) is 5.10. The van der Waals surface area contributed by atoms with Gasteiger partial charge in [-0.3, -0.25) is 10.7 Å². The van der Waals surface area contributed by atoms with Crippen molar-refractivity contribution in [3.63, 3.8) is 0 Å². The van der Waals surface area contributed by atoms with Crippen LogP contribution in [0, 0.1) is 0 Å². The van der Waals surface area contributed by atoms with Gasteiger partial charge in [-0.25, -0.2) is 13.1 Å². The number of hydrogen-bond donors (Lipinski definition) is 3. The average molecular weight is 298 g/mol. The summed E-state index contributed by atoms with van der Waals surface area (Å²) in [5.41, 5.74) is 3.15. The monoisotopic (exact) mass is 298 g/mol. The zero-order chi connectivity index (χ0) is 14.6. The molecule has 1 aliphatic rings. The number of nitrogens with one attached hydrogen (secondary N) is 2. The van der Waals surface area contributed by atoms with Gasteiger partial charge >= 0.3 is 0 Å². The molecule has 0 saturated carbocycles. The molecular formula is C13H22N4O2S. The summed E-state index contributed by atoms with van der Waals surface area (Å²) in [4.78, 5) is 2.56. The van der Waals surface area contributed by atoms with Crippen molar-refractivity contribution in [1.82, 2.24) is 9.62 Å². The minimum atomic E-state index is -3.46. The van der Waals surface area contributed by atoms with Gasteiger partial charge in [0, 0.05) is 18.3 Å². The van der Waals surface area contributed by atoms with E-state index in [1.165, 1.54) is 25.0 Å². The molecule has 0 bridgehead atoms. The van der Waals surface area contributed by atoms with Crippen LogP contribution < -0.4 is 16.0 Å². The second kappa shape index (κ2) is 6.53. The zero-order valence-corrected chi connectivity index (χ0v) is 12.5. The van der Waals surface area contributed by atoms with Crippen LogP contribution >= 0.6 is 0 Å². The molecule has 0 spiro atoms. The molecule has 1 aromatic carbocycles. The Labute approximate surface area is 120 Å². The Kier molecular flexibility index (Phi) is 4.98. The highest BCUT2D eigenvalue weighted by Crippen LogP contribution is 2.14. The molecule has 2 rings (SSSR count). The van der Waals surface area contributed by atoms with E-state index in [4.69, 9.17) is 5.84 Å². The van der Waals surface area contributed by atoms with Crippen LogP contribution in [-0.4, -0.2) is 39.0 Å². The maximum atomic E-state index is 12.2. The first-order valence-corrected chi connectivity index (χ1v) is 8.31. The van der Waals surface area contributed by atoms with Gasteiger partial charge in [0.15, 0.2) is 0 Å². The lowest BCUT2D eigenvalue weighted by atomic mass is 10.3. The van der Waals surface area contributed by atoms with Gasteiger partial charge in [-0.15, -0.1) is 0 Å². The Morgan fingerprint density at radius 1 is 1.25 bits per heavy atom. The molecule has 1 saturated heterocycles. The third kappa shape index (κ3) is 3.69. The van der Waals surface area contributed by atoms with Crippen molar-refractivity contribution in [3.8, 4) is 0 Å². The molecule has 4 N–H and O–H groups in total. The highest BCUT2D eigenvalue weighted by atomic mass is 32.2. The zero-order valence-electron chi connectivity index (χ0n) is 11.7. The number of benzene rings is 1. The molecular weight excluding hydrogens is 276 g/mol. The maximum Gasteiger partial charge on any atom is 0.240 e. The van der Waals surface area contributed by atoms with Crippen LogP contribution in [0.2, 0.25) is 0 Å². The predicted molar refractivity (Wildman–Crippen MR) is 79.7 cm³/mol.